The Kier molecular flexibility index (Phi) is 3.26. The summed E-state index contributed by atoms with van der Waals surface area (Å²) in [7, 11) is 0. The average Bonchev–Trinajstić information content (AvgIpc) is 2.22. The van der Waals surface area contributed by atoms with E-state index in [-0.39, 0.29) is 0 Å². The van der Waals surface area contributed by atoms with Gasteiger partial charge in [0.05, 0.1) is 0 Å². The van der Waals surface area contributed by atoms with E-state index in [1.807, 2.05) is 6.20 Å². The molecule has 2 heterocycles. The number of hydrogen-bond acceptors (Lipinski definition) is 3. The van der Waals surface area contributed by atoms with E-state index in [0.717, 1.165) is 29.9 Å². The lowest BCUT2D eigenvalue weighted by Gasteiger charge is -2.32. The zero-order chi connectivity index (χ0) is 10.8. The molecule has 1 N–H and O–H groups in total. The maximum atomic E-state index is 4.45. The molecule has 1 fully saturated rings. The number of piperazine rings is 1. The molecule has 0 bridgehead atoms. The summed E-state index contributed by atoms with van der Waals surface area (Å²) in [5.41, 5.74) is 1.24. The maximum absolute atomic E-state index is 4.45. The van der Waals surface area contributed by atoms with Crippen molar-refractivity contribution in [3.63, 3.8) is 0 Å². The van der Waals surface area contributed by atoms with Crippen molar-refractivity contribution in [3.8, 4) is 0 Å². The Bertz CT molecular complexity index is 354. The number of aromatic nitrogens is 1. The van der Waals surface area contributed by atoms with E-state index in [1.54, 1.807) is 0 Å². The van der Waals surface area contributed by atoms with Gasteiger partial charge in [-0.2, -0.15) is 0 Å². The highest BCUT2D eigenvalue weighted by Crippen LogP contribution is 2.20. The Labute approximate surface area is 99.0 Å². The summed E-state index contributed by atoms with van der Waals surface area (Å²) < 4.78 is 1.08. The van der Waals surface area contributed by atoms with Crippen LogP contribution in [-0.2, 0) is 0 Å². The molecule has 1 saturated heterocycles. The molecular weight excluding hydrogens is 254 g/mol. The molecule has 0 amide bonds. The zero-order valence-electron chi connectivity index (χ0n) is 9.13. The first kappa shape index (κ1) is 10.9. The van der Waals surface area contributed by atoms with Crippen LogP contribution in [0.2, 0.25) is 0 Å². The van der Waals surface area contributed by atoms with E-state index in [2.05, 4.69) is 51.0 Å². The van der Waals surface area contributed by atoms with E-state index in [0.29, 0.717) is 6.04 Å². The average molecular weight is 270 g/mol. The third-order valence-electron chi connectivity index (χ3n) is 2.73. The first-order chi connectivity index (χ1) is 7.16. The number of nitrogens with zero attached hydrogens (tertiary/aromatic N) is 2. The van der Waals surface area contributed by atoms with Gasteiger partial charge in [0.25, 0.3) is 0 Å². The smallest absolute Gasteiger partial charge is 0.128 e. The molecule has 0 saturated carbocycles. The lowest BCUT2D eigenvalue weighted by molar-refractivity contribution is 0.482. The molecule has 1 aromatic rings. The summed E-state index contributed by atoms with van der Waals surface area (Å²) in [5.74, 6) is 1.09. The summed E-state index contributed by atoms with van der Waals surface area (Å²) in [6, 6.07) is 2.69. The minimum Gasteiger partial charge on any atom is -0.354 e. The maximum Gasteiger partial charge on any atom is 0.128 e. The number of pyridine rings is 1. The van der Waals surface area contributed by atoms with Crippen LogP contribution in [0.5, 0.6) is 0 Å². The Hall–Kier alpha value is -0.610. The Balaban J connectivity index is 2.18. The van der Waals surface area contributed by atoms with Crippen molar-refractivity contribution in [3.05, 3.63) is 22.3 Å². The first-order valence-electron chi connectivity index (χ1n) is 5.27. The van der Waals surface area contributed by atoms with Crippen molar-refractivity contribution in [1.82, 2.24) is 10.3 Å². The molecule has 1 aromatic heterocycles. The predicted molar refractivity (Wildman–Crippen MR) is 66.4 cm³/mol. The fraction of sp³-hybridized carbons (Fsp3) is 0.545. The summed E-state index contributed by atoms with van der Waals surface area (Å²) in [5, 5.41) is 3.43. The molecule has 4 heteroatoms. The summed E-state index contributed by atoms with van der Waals surface area (Å²) in [6.45, 7) is 7.42. The molecule has 1 atom stereocenters. The molecule has 82 valence electrons. The summed E-state index contributed by atoms with van der Waals surface area (Å²) >= 11 is 3.47. The van der Waals surface area contributed by atoms with E-state index < -0.39 is 0 Å². The SMILES string of the molecule is Cc1cc(N2CCNC(C)C2)ncc1Br. The molecular formula is C11H16BrN3. The van der Waals surface area contributed by atoms with Gasteiger partial charge in [-0.25, -0.2) is 4.98 Å². The van der Waals surface area contributed by atoms with Crippen molar-refractivity contribution in [2.75, 3.05) is 24.5 Å². The normalized spacial score (nSPS) is 21.8. The molecule has 3 nitrogen and oxygen atoms in total. The standard InChI is InChI=1S/C11H16BrN3/c1-8-5-11(14-6-10(8)12)15-4-3-13-9(2)7-15/h5-6,9,13H,3-4,7H2,1-2H3. The molecule has 15 heavy (non-hydrogen) atoms. The van der Waals surface area contributed by atoms with Crippen molar-refractivity contribution in [1.29, 1.82) is 0 Å². The minimum absolute atomic E-state index is 0.546. The van der Waals surface area contributed by atoms with Crippen LogP contribution >= 0.6 is 15.9 Å². The number of rotatable bonds is 1. The quantitative estimate of drug-likeness (QED) is 0.845. The van der Waals surface area contributed by atoms with E-state index in [9.17, 15) is 0 Å². The van der Waals surface area contributed by atoms with Gasteiger partial charge in [0.2, 0.25) is 0 Å². The second-order valence-electron chi connectivity index (χ2n) is 4.09. The number of hydrogen-bond donors (Lipinski definition) is 1. The Morgan fingerprint density at radius 1 is 1.60 bits per heavy atom. The molecule has 0 spiro atoms. The minimum atomic E-state index is 0.546. The lowest BCUT2D eigenvalue weighted by Crippen LogP contribution is -2.49. The second kappa shape index (κ2) is 4.49. The van der Waals surface area contributed by atoms with Crippen LogP contribution in [0.1, 0.15) is 12.5 Å². The molecule has 2 rings (SSSR count). The summed E-state index contributed by atoms with van der Waals surface area (Å²) in [4.78, 5) is 6.78. The number of nitrogens with one attached hydrogen (secondary N) is 1. The van der Waals surface area contributed by atoms with Crippen LogP contribution in [0.3, 0.4) is 0 Å². The molecule has 0 aromatic carbocycles. The van der Waals surface area contributed by atoms with Gasteiger partial charge in [-0.3, -0.25) is 0 Å². The zero-order valence-corrected chi connectivity index (χ0v) is 10.7. The molecule has 1 aliphatic rings. The van der Waals surface area contributed by atoms with Crippen molar-refractivity contribution in [2.45, 2.75) is 19.9 Å². The van der Waals surface area contributed by atoms with E-state index in [1.165, 1.54) is 5.56 Å². The number of aryl methyl sites for hydroxylation is 1. The van der Waals surface area contributed by atoms with Crippen LogP contribution in [0.25, 0.3) is 0 Å². The predicted octanol–water partition coefficient (Wildman–Crippen LogP) is 1.95. The number of anilines is 1. The first-order valence-corrected chi connectivity index (χ1v) is 6.06. The highest BCUT2D eigenvalue weighted by Gasteiger charge is 2.16. The third kappa shape index (κ3) is 2.49. The largest absolute Gasteiger partial charge is 0.354 e. The van der Waals surface area contributed by atoms with E-state index >= 15 is 0 Å². The van der Waals surface area contributed by atoms with Gasteiger partial charge < -0.3 is 10.2 Å². The van der Waals surface area contributed by atoms with Crippen LogP contribution in [0.15, 0.2) is 16.7 Å². The van der Waals surface area contributed by atoms with Crippen molar-refractivity contribution in [2.24, 2.45) is 0 Å². The van der Waals surface area contributed by atoms with Gasteiger partial charge in [-0.15, -0.1) is 0 Å². The van der Waals surface area contributed by atoms with Crippen LogP contribution < -0.4 is 10.2 Å². The van der Waals surface area contributed by atoms with Gasteiger partial charge >= 0.3 is 0 Å². The van der Waals surface area contributed by atoms with Crippen molar-refractivity contribution >= 4 is 21.7 Å². The van der Waals surface area contributed by atoms with Crippen LogP contribution in [0, 0.1) is 6.92 Å². The van der Waals surface area contributed by atoms with Gasteiger partial charge in [-0.05, 0) is 41.4 Å². The fourth-order valence-electron chi connectivity index (χ4n) is 1.84. The number of halogens is 1. The monoisotopic (exact) mass is 269 g/mol. The Morgan fingerprint density at radius 3 is 3.07 bits per heavy atom. The van der Waals surface area contributed by atoms with Crippen LogP contribution in [-0.4, -0.2) is 30.7 Å². The van der Waals surface area contributed by atoms with E-state index in [4.69, 9.17) is 0 Å². The van der Waals surface area contributed by atoms with Crippen LogP contribution in [0.4, 0.5) is 5.82 Å². The highest BCUT2D eigenvalue weighted by atomic mass is 79.9. The van der Waals surface area contributed by atoms with Gasteiger partial charge in [-0.1, -0.05) is 0 Å². The summed E-state index contributed by atoms with van der Waals surface area (Å²) in [6.07, 6.45) is 1.89. The lowest BCUT2D eigenvalue weighted by atomic mass is 10.2. The highest BCUT2D eigenvalue weighted by molar-refractivity contribution is 9.10. The molecule has 1 unspecified atom stereocenters. The third-order valence-corrected chi connectivity index (χ3v) is 3.56. The molecule has 0 radical (unpaired) electrons. The molecule has 0 aliphatic carbocycles. The van der Waals surface area contributed by atoms with Crippen molar-refractivity contribution < 1.29 is 0 Å². The van der Waals surface area contributed by atoms with Gasteiger partial charge in [0.1, 0.15) is 5.82 Å². The Morgan fingerprint density at radius 2 is 2.40 bits per heavy atom. The van der Waals surface area contributed by atoms with Gasteiger partial charge in [0, 0.05) is 36.3 Å². The second-order valence-corrected chi connectivity index (χ2v) is 4.95. The topological polar surface area (TPSA) is 28.2 Å². The molecule has 1 aliphatic heterocycles. The van der Waals surface area contributed by atoms with Gasteiger partial charge in [0.15, 0.2) is 0 Å². The fourth-order valence-corrected chi connectivity index (χ4v) is 2.05.